The third-order valence-corrected chi connectivity index (χ3v) is 5.39. The Morgan fingerprint density at radius 1 is 1.07 bits per heavy atom. The van der Waals surface area contributed by atoms with Crippen molar-refractivity contribution in [3.05, 3.63) is 24.3 Å². The van der Waals surface area contributed by atoms with E-state index in [1.165, 1.54) is 0 Å². The number of amides is 3. The fraction of sp³-hybridized carbons (Fsp3) is 0.571. The van der Waals surface area contributed by atoms with Gasteiger partial charge in [-0.05, 0) is 30.2 Å². The molecule has 2 aliphatic heterocycles. The second-order valence-corrected chi connectivity index (χ2v) is 7.91. The van der Waals surface area contributed by atoms with Crippen LogP contribution in [-0.4, -0.2) is 67.4 Å². The van der Waals surface area contributed by atoms with E-state index in [9.17, 15) is 14.4 Å². The summed E-state index contributed by atoms with van der Waals surface area (Å²) in [5.74, 6) is 0.874. The van der Waals surface area contributed by atoms with Gasteiger partial charge in [0.25, 0.3) is 0 Å². The standard InChI is InChI=1S/C21H29N3O4/c1-15(2)12-19(25)22-8-10-23(11-9-22)21(27)16-13-20(26)24(14-16)17-4-6-18(28-3)7-5-17/h4-7,15-16H,8-14H2,1-3H3/t16-/m0/s1. The molecule has 1 aromatic carbocycles. The number of hydrogen-bond acceptors (Lipinski definition) is 4. The quantitative estimate of drug-likeness (QED) is 0.772. The lowest BCUT2D eigenvalue weighted by Gasteiger charge is -2.36. The summed E-state index contributed by atoms with van der Waals surface area (Å²) in [6.45, 7) is 6.68. The van der Waals surface area contributed by atoms with Gasteiger partial charge in [-0.15, -0.1) is 0 Å². The number of nitrogens with zero attached hydrogens (tertiary/aromatic N) is 3. The lowest BCUT2D eigenvalue weighted by atomic mass is 10.1. The first-order valence-electron chi connectivity index (χ1n) is 9.90. The highest BCUT2D eigenvalue weighted by atomic mass is 16.5. The molecule has 7 nitrogen and oxygen atoms in total. The van der Waals surface area contributed by atoms with E-state index < -0.39 is 0 Å². The smallest absolute Gasteiger partial charge is 0.228 e. The Morgan fingerprint density at radius 3 is 2.25 bits per heavy atom. The maximum Gasteiger partial charge on any atom is 0.228 e. The number of hydrogen-bond donors (Lipinski definition) is 0. The predicted molar refractivity (Wildman–Crippen MR) is 106 cm³/mol. The molecule has 0 aromatic heterocycles. The molecule has 1 atom stereocenters. The van der Waals surface area contributed by atoms with Gasteiger partial charge in [0.15, 0.2) is 0 Å². The molecular weight excluding hydrogens is 358 g/mol. The van der Waals surface area contributed by atoms with Gasteiger partial charge in [-0.25, -0.2) is 0 Å². The first-order chi connectivity index (χ1) is 13.4. The lowest BCUT2D eigenvalue weighted by molar-refractivity contribution is -0.142. The van der Waals surface area contributed by atoms with Crippen LogP contribution in [0.3, 0.4) is 0 Å². The Hall–Kier alpha value is -2.57. The second-order valence-electron chi connectivity index (χ2n) is 7.91. The summed E-state index contributed by atoms with van der Waals surface area (Å²) in [6, 6.07) is 7.29. The van der Waals surface area contributed by atoms with Gasteiger partial charge < -0.3 is 19.4 Å². The van der Waals surface area contributed by atoms with Crippen LogP contribution in [0.1, 0.15) is 26.7 Å². The van der Waals surface area contributed by atoms with Crippen LogP contribution in [-0.2, 0) is 14.4 Å². The summed E-state index contributed by atoms with van der Waals surface area (Å²) in [7, 11) is 1.60. The summed E-state index contributed by atoms with van der Waals surface area (Å²) < 4.78 is 5.15. The number of benzene rings is 1. The summed E-state index contributed by atoms with van der Waals surface area (Å²) in [4.78, 5) is 42.8. The molecule has 0 aliphatic carbocycles. The molecule has 0 saturated carbocycles. The maximum absolute atomic E-state index is 12.9. The first-order valence-corrected chi connectivity index (χ1v) is 9.90. The van der Waals surface area contributed by atoms with Crippen LogP contribution in [0.2, 0.25) is 0 Å². The molecule has 1 aromatic rings. The largest absolute Gasteiger partial charge is 0.497 e. The molecular formula is C21H29N3O4. The van der Waals surface area contributed by atoms with Crippen LogP contribution in [0.15, 0.2) is 24.3 Å². The Morgan fingerprint density at radius 2 is 1.68 bits per heavy atom. The van der Waals surface area contributed by atoms with E-state index >= 15 is 0 Å². The molecule has 152 valence electrons. The van der Waals surface area contributed by atoms with Crippen molar-refractivity contribution in [2.45, 2.75) is 26.7 Å². The van der Waals surface area contributed by atoms with Crippen molar-refractivity contribution in [1.29, 1.82) is 0 Å². The lowest BCUT2D eigenvalue weighted by Crippen LogP contribution is -2.52. The summed E-state index contributed by atoms with van der Waals surface area (Å²) >= 11 is 0. The molecule has 28 heavy (non-hydrogen) atoms. The summed E-state index contributed by atoms with van der Waals surface area (Å²) in [5.41, 5.74) is 0.783. The van der Waals surface area contributed by atoms with Gasteiger partial charge in [-0.3, -0.25) is 14.4 Å². The molecule has 0 radical (unpaired) electrons. The Bertz CT molecular complexity index is 724. The summed E-state index contributed by atoms with van der Waals surface area (Å²) in [5, 5.41) is 0. The zero-order chi connectivity index (χ0) is 20.3. The molecule has 2 heterocycles. The van der Waals surface area contributed by atoms with Gasteiger partial charge >= 0.3 is 0 Å². The normalized spacial score (nSPS) is 20.1. The second kappa shape index (κ2) is 8.63. The van der Waals surface area contributed by atoms with Gasteiger partial charge in [0.05, 0.1) is 13.0 Å². The fourth-order valence-electron chi connectivity index (χ4n) is 3.80. The number of anilines is 1. The number of carbonyl (C=O) groups excluding carboxylic acids is 3. The van der Waals surface area contributed by atoms with Gasteiger partial charge in [-0.2, -0.15) is 0 Å². The number of methoxy groups -OCH3 is 1. The van der Waals surface area contributed by atoms with Crippen LogP contribution in [0, 0.1) is 11.8 Å². The van der Waals surface area contributed by atoms with Crippen LogP contribution >= 0.6 is 0 Å². The van der Waals surface area contributed by atoms with Crippen molar-refractivity contribution in [1.82, 2.24) is 9.80 Å². The summed E-state index contributed by atoms with van der Waals surface area (Å²) in [6.07, 6.45) is 0.777. The highest BCUT2D eigenvalue weighted by molar-refractivity contribution is 6.00. The highest BCUT2D eigenvalue weighted by Gasteiger charge is 2.38. The van der Waals surface area contributed by atoms with E-state index in [0.29, 0.717) is 45.1 Å². The number of carbonyl (C=O) groups is 3. The minimum atomic E-state index is -0.326. The van der Waals surface area contributed by atoms with Gasteiger partial charge in [0.1, 0.15) is 5.75 Å². The van der Waals surface area contributed by atoms with Crippen molar-refractivity contribution in [3.8, 4) is 5.75 Å². The molecule has 7 heteroatoms. The molecule has 3 rings (SSSR count). The average molecular weight is 387 g/mol. The zero-order valence-corrected chi connectivity index (χ0v) is 16.9. The Labute approximate surface area is 166 Å². The van der Waals surface area contributed by atoms with Gasteiger partial charge in [-0.1, -0.05) is 13.8 Å². The topological polar surface area (TPSA) is 70.2 Å². The van der Waals surface area contributed by atoms with Crippen LogP contribution < -0.4 is 9.64 Å². The molecule has 0 N–H and O–H groups in total. The van der Waals surface area contributed by atoms with Crippen LogP contribution in [0.25, 0.3) is 0 Å². The number of piperazine rings is 1. The molecule has 0 spiro atoms. The minimum absolute atomic E-state index is 0.0142. The SMILES string of the molecule is COc1ccc(N2C[C@@H](C(=O)N3CCN(C(=O)CC(C)C)CC3)CC2=O)cc1. The van der Waals surface area contributed by atoms with Crippen molar-refractivity contribution < 1.29 is 19.1 Å². The monoisotopic (exact) mass is 387 g/mol. The first kappa shape index (κ1) is 20.2. The van der Waals surface area contributed by atoms with Crippen molar-refractivity contribution in [2.75, 3.05) is 44.7 Å². The van der Waals surface area contributed by atoms with Crippen molar-refractivity contribution in [3.63, 3.8) is 0 Å². The van der Waals surface area contributed by atoms with E-state index in [2.05, 4.69) is 0 Å². The number of rotatable bonds is 5. The van der Waals surface area contributed by atoms with E-state index in [-0.39, 0.29) is 30.1 Å². The third-order valence-electron chi connectivity index (χ3n) is 5.39. The average Bonchev–Trinajstić information content (AvgIpc) is 3.08. The van der Waals surface area contributed by atoms with Crippen LogP contribution in [0.4, 0.5) is 5.69 Å². The Kier molecular flexibility index (Phi) is 6.21. The predicted octanol–water partition coefficient (Wildman–Crippen LogP) is 1.76. The molecule has 0 bridgehead atoms. The van der Waals surface area contributed by atoms with Crippen LogP contribution in [0.5, 0.6) is 5.75 Å². The van der Waals surface area contributed by atoms with E-state index in [0.717, 1.165) is 11.4 Å². The van der Waals surface area contributed by atoms with E-state index in [1.807, 2.05) is 43.0 Å². The molecule has 2 saturated heterocycles. The molecule has 3 amide bonds. The molecule has 2 fully saturated rings. The zero-order valence-electron chi connectivity index (χ0n) is 16.9. The Balaban J connectivity index is 1.55. The van der Waals surface area contributed by atoms with Crippen molar-refractivity contribution in [2.24, 2.45) is 11.8 Å². The minimum Gasteiger partial charge on any atom is -0.497 e. The van der Waals surface area contributed by atoms with Gasteiger partial charge in [0, 0.05) is 51.3 Å². The molecule has 0 unspecified atom stereocenters. The van der Waals surface area contributed by atoms with E-state index in [1.54, 1.807) is 16.9 Å². The molecule has 2 aliphatic rings. The maximum atomic E-state index is 12.9. The highest BCUT2D eigenvalue weighted by Crippen LogP contribution is 2.28. The van der Waals surface area contributed by atoms with Gasteiger partial charge in [0.2, 0.25) is 17.7 Å². The number of ether oxygens (including phenoxy) is 1. The third kappa shape index (κ3) is 4.46. The van der Waals surface area contributed by atoms with Crippen molar-refractivity contribution >= 4 is 23.4 Å². The van der Waals surface area contributed by atoms with E-state index in [4.69, 9.17) is 4.74 Å². The fourth-order valence-corrected chi connectivity index (χ4v) is 3.80.